The molecule has 0 saturated carbocycles. The van der Waals surface area contributed by atoms with Crippen molar-refractivity contribution in [1.82, 2.24) is 10.5 Å². The van der Waals surface area contributed by atoms with E-state index in [4.69, 9.17) is 15.6 Å². The van der Waals surface area contributed by atoms with E-state index in [1.165, 1.54) is 0 Å². The molecule has 0 rings (SSSR count). The lowest BCUT2D eigenvalue weighted by atomic mass is 11.5. The molecule has 0 aromatic rings. The Balaban J connectivity index is 2.99. The second-order valence-electron chi connectivity index (χ2n) is 0.758. The molecule has 0 aliphatic carbocycles. The zero-order valence-corrected chi connectivity index (χ0v) is 3.24. The third-order valence-electron chi connectivity index (χ3n) is 0.259. The van der Waals surface area contributed by atoms with E-state index in [9.17, 15) is 0 Å². The predicted molar refractivity (Wildman–Crippen MR) is 15.0 cm³/mol. The molecule has 0 spiro atoms. The van der Waals surface area contributed by atoms with Crippen LogP contribution in [0.4, 0.5) is 0 Å². The third-order valence-corrected chi connectivity index (χ3v) is 0.259. The molecule has 0 aliphatic heterocycles. The fourth-order valence-electron chi connectivity index (χ4n) is 0. The maximum atomic E-state index is 7.89. The van der Waals surface area contributed by atoms with E-state index >= 15 is 0 Å². The van der Waals surface area contributed by atoms with E-state index < -0.39 is 5.34 Å². The van der Waals surface area contributed by atoms with E-state index in [1.807, 2.05) is 0 Å². The maximum absolute atomic E-state index is 7.89. The van der Waals surface area contributed by atoms with Crippen molar-refractivity contribution in [2.24, 2.45) is 0 Å². The van der Waals surface area contributed by atoms with Crippen LogP contribution < -0.4 is 0 Å². The van der Waals surface area contributed by atoms with Gasteiger partial charge >= 0.3 is 0 Å². The molecule has 0 aliphatic rings. The molecule has 6 heavy (non-hydrogen) atoms. The van der Waals surface area contributed by atoms with Gasteiger partial charge in [0.25, 0.3) is 0 Å². The Morgan fingerprint density at radius 2 is 1.33 bits per heavy atom. The molecule has 5 heteroatoms. The zero-order valence-electron chi connectivity index (χ0n) is 3.24. The first kappa shape index (κ1) is 5.80. The summed E-state index contributed by atoms with van der Waals surface area (Å²) in [6.07, 6.45) is 0. The monoisotopic (exact) mass is 94.0 g/mol. The van der Waals surface area contributed by atoms with E-state index in [0.29, 0.717) is 0 Å². The van der Waals surface area contributed by atoms with Gasteiger partial charge in [0, 0.05) is 12.4 Å². The van der Waals surface area contributed by atoms with Gasteiger partial charge in [-0.3, -0.25) is 15.6 Å². The summed E-state index contributed by atoms with van der Waals surface area (Å²) in [5, 5.41) is 22.9. The van der Waals surface area contributed by atoms with Gasteiger partial charge in [-0.05, 0) is 0 Å². The van der Waals surface area contributed by atoms with Gasteiger partial charge in [-0.1, -0.05) is 5.17 Å². The van der Waals surface area contributed by atoms with Crippen LogP contribution in [0.2, 0.25) is 0 Å². The first-order valence-corrected chi connectivity index (χ1v) is 1.25. The van der Waals surface area contributed by atoms with Crippen molar-refractivity contribution in [2.75, 3.05) is 7.05 Å². The molecular weight excluding hydrogens is 88.0 g/mol. The minimum absolute atomic E-state index is 0.111. The first-order valence-electron chi connectivity index (χ1n) is 1.25. The fraction of sp³-hybridized carbons (Fsp3) is 1.00. The van der Waals surface area contributed by atoms with Crippen LogP contribution in [0.3, 0.4) is 0 Å². The van der Waals surface area contributed by atoms with Crippen LogP contribution in [-0.2, 0) is 0 Å². The van der Waals surface area contributed by atoms with Gasteiger partial charge in [0.2, 0.25) is 0 Å². The summed E-state index contributed by atoms with van der Waals surface area (Å²) in [7, 11) is 1.06. The number of rotatable bonds is 1. The quantitative estimate of drug-likeness (QED) is 0.375. The van der Waals surface area contributed by atoms with Crippen molar-refractivity contribution in [3.8, 4) is 0 Å². The van der Waals surface area contributed by atoms with Crippen LogP contribution in [0.15, 0.2) is 0 Å². The third kappa shape index (κ3) is 2.06. The molecule has 3 N–H and O–H groups in total. The lowest BCUT2D eigenvalue weighted by Gasteiger charge is -2.09. The second kappa shape index (κ2) is 2.06. The highest BCUT2D eigenvalue weighted by Crippen LogP contribution is 1.70. The molecule has 0 radical (unpaired) electrons. The van der Waals surface area contributed by atoms with E-state index in [2.05, 4.69) is 0 Å². The summed E-state index contributed by atoms with van der Waals surface area (Å²) in [4.78, 5) is 0. The van der Waals surface area contributed by atoms with Crippen LogP contribution in [0.5, 0.6) is 0 Å². The van der Waals surface area contributed by atoms with E-state index in [0.717, 1.165) is 7.05 Å². The largest absolute Gasteiger partial charge is 0.295 e. The van der Waals surface area contributed by atoms with Gasteiger partial charge in [0.05, 0.1) is 0 Å². The summed E-state index contributed by atoms with van der Waals surface area (Å²) in [5.41, 5.74) is 0. The topological polar surface area (TPSA) is 67.2 Å². The molecule has 0 amide bonds. The molecule has 38 valence electrons. The van der Waals surface area contributed by atoms with Gasteiger partial charge in [-0.25, -0.2) is 0 Å². The van der Waals surface area contributed by atoms with Gasteiger partial charge < -0.3 is 0 Å². The molecule has 0 fully saturated rings. The average molecular weight is 94.1 g/mol. The highest BCUT2D eigenvalue weighted by atomic mass is 16.9. The Labute approximate surface area is 34.5 Å². The standard InChI is InChI=1S/CH6N2O3/c1-2(4)3(5)6/h4-6H,1H3. The molecule has 0 aromatic carbocycles. The Kier molecular flexibility index (Phi) is 1.99. The second-order valence-corrected chi connectivity index (χ2v) is 0.758. The normalized spacial score (nSPS) is 11.0. The lowest BCUT2D eigenvalue weighted by molar-refractivity contribution is -0.485. The van der Waals surface area contributed by atoms with Crippen molar-refractivity contribution < 1.29 is 15.6 Å². The Morgan fingerprint density at radius 1 is 1.17 bits per heavy atom. The van der Waals surface area contributed by atoms with Crippen LogP contribution in [0, 0.1) is 0 Å². The number of nitrogens with zero attached hydrogens (tertiary/aromatic N) is 2. The van der Waals surface area contributed by atoms with Crippen LogP contribution >= 0.6 is 0 Å². The number of hydrogen-bond acceptors (Lipinski definition) is 5. The van der Waals surface area contributed by atoms with Crippen molar-refractivity contribution in [3.63, 3.8) is 0 Å². The smallest absolute Gasteiger partial charge is 0.0335 e. The van der Waals surface area contributed by atoms with Crippen molar-refractivity contribution in [1.29, 1.82) is 0 Å². The Morgan fingerprint density at radius 3 is 1.33 bits per heavy atom. The lowest BCUT2D eigenvalue weighted by Crippen LogP contribution is -2.30. The van der Waals surface area contributed by atoms with Crippen LogP contribution in [-0.4, -0.2) is 33.2 Å². The average Bonchev–Trinajstić information content (AvgIpc) is 1.36. The number of hydroxylamine groups is 1. The van der Waals surface area contributed by atoms with Gasteiger partial charge in [0.15, 0.2) is 0 Å². The Bertz CT molecular complexity index is 29.8. The summed E-state index contributed by atoms with van der Waals surface area (Å²) in [6, 6.07) is 0. The number of hydrogen-bond donors (Lipinski definition) is 3. The van der Waals surface area contributed by atoms with E-state index in [1.54, 1.807) is 0 Å². The molecule has 0 saturated heterocycles. The van der Waals surface area contributed by atoms with Crippen molar-refractivity contribution in [2.45, 2.75) is 0 Å². The molecule has 0 atom stereocenters. The SMILES string of the molecule is CN(O)N(O)O. The molecular formula is CH6N2O3. The highest BCUT2D eigenvalue weighted by Gasteiger charge is 1.92. The minimum Gasteiger partial charge on any atom is -0.295 e. The Hall–Kier alpha value is -0.200. The molecule has 0 heterocycles. The summed E-state index contributed by atoms with van der Waals surface area (Å²) in [5.74, 6) is 0. The first-order chi connectivity index (χ1) is 2.64. The molecule has 0 aromatic heterocycles. The highest BCUT2D eigenvalue weighted by molar-refractivity contribution is 3.84. The van der Waals surface area contributed by atoms with Crippen LogP contribution in [0.25, 0.3) is 0 Å². The maximum Gasteiger partial charge on any atom is 0.0335 e. The zero-order chi connectivity index (χ0) is 5.15. The van der Waals surface area contributed by atoms with Crippen molar-refractivity contribution in [3.05, 3.63) is 0 Å². The summed E-state index contributed by atoms with van der Waals surface area (Å²) < 4.78 is 0. The van der Waals surface area contributed by atoms with Gasteiger partial charge in [-0.15, -0.1) is 0 Å². The van der Waals surface area contributed by atoms with Crippen molar-refractivity contribution >= 4 is 0 Å². The van der Waals surface area contributed by atoms with E-state index in [-0.39, 0.29) is 5.17 Å². The summed E-state index contributed by atoms with van der Waals surface area (Å²) in [6.45, 7) is 0. The number of hydrazine groups is 1. The van der Waals surface area contributed by atoms with Gasteiger partial charge in [0.1, 0.15) is 0 Å². The minimum atomic E-state index is -0.444. The van der Waals surface area contributed by atoms with Crippen LogP contribution in [0.1, 0.15) is 0 Å². The molecule has 5 nitrogen and oxygen atoms in total. The predicted octanol–water partition coefficient (Wildman–Crippen LogP) is -0.697. The van der Waals surface area contributed by atoms with Gasteiger partial charge in [-0.2, -0.15) is 0 Å². The fourth-order valence-corrected chi connectivity index (χ4v) is 0. The molecule has 0 bridgehead atoms. The molecule has 0 unspecified atom stereocenters. The summed E-state index contributed by atoms with van der Waals surface area (Å²) >= 11 is 0.